The highest BCUT2D eigenvalue weighted by atomic mass is 32.2. The Morgan fingerprint density at radius 2 is 2.17 bits per heavy atom. The lowest BCUT2D eigenvalue weighted by molar-refractivity contribution is 0.414. The Morgan fingerprint density at radius 3 is 2.89 bits per heavy atom. The van der Waals surface area contributed by atoms with Crippen molar-refractivity contribution in [3.05, 3.63) is 29.8 Å². The van der Waals surface area contributed by atoms with Crippen LogP contribution in [0.5, 0.6) is 5.75 Å². The monoisotopic (exact) mass is 265 g/mol. The molecule has 0 amide bonds. The van der Waals surface area contributed by atoms with Gasteiger partial charge in [-0.15, -0.1) is 0 Å². The molecule has 1 atom stereocenters. The molecule has 1 unspecified atom stereocenters. The van der Waals surface area contributed by atoms with Gasteiger partial charge in [0.2, 0.25) is 0 Å². The molecule has 2 nitrogen and oxygen atoms in total. The minimum atomic E-state index is 0.117. The molecule has 0 heterocycles. The molecule has 0 radical (unpaired) electrons. The second-order valence-corrected chi connectivity index (χ2v) is 6.15. The van der Waals surface area contributed by atoms with Crippen molar-refractivity contribution in [2.75, 3.05) is 18.6 Å². The van der Waals surface area contributed by atoms with E-state index in [0.29, 0.717) is 0 Å². The first-order valence-corrected chi connectivity index (χ1v) is 7.92. The smallest absolute Gasteiger partial charge is 0.119 e. The minimum Gasteiger partial charge on any atom is -0.497 e. The van der Waals surface area contributed by atoms with E-state index in [0.717, 1.165) is 17.4 Å². The van der Waals surface area contributed by atoms with Crippen LogP contribution in [0.3, 0.4) is 0 Å². The molecule has 0 saturated heterocycles. The van der Waals surface area contributed by atoms with Gasteiger partial charge in [-0.2, -0.15) is 11.8 Å². The second-order valence-electron chi connectivity index (χ2n) is 5.07. The van der Waals surface area contributed by atoms with Gasteiger partial charge in [0, 0.05) is 11.8 Å². The summed E-state index contributed by atoms with van der Waals surface area (Å²) in [5.74, 6) is 4.11. The first-order chi connectivity index (χ1) is 8.79. The summed E-state index contributed by atoms with van der Waals surface area (Å²) >= 11 is 2.00. The molecule has 1 aliphatic rings. The number of ether oxygens (including phenoxy) is 1. The van der Waals surface area contributed by atoms with Crippen LogP contribution in [0.2, 0.25) is 0 Å². The molecule has 1 fully saturated rings. The van der Waals surface area contributed by atoms with Crippen LogP contribution < -0.4 is 10.5 Å². The van der Waals surface area contributed by atoms with Gasteiger partial charge in [0.05, 0.1) is 7.11 Å². The van der Waals surface area contributed by atoms with E-state index in [1.54, 1.807) is 7.11 Å². The zero-order valence-corrected chi connectivity index (χ0v) is 11.9. The molecule has 0 spiro atoms. The van der Waals surface area contributed by atoms with Crippen LogP contribution in [0, 0.1) is 5.92 Å². The molecule has 1 saturated carbocycles. The Kier molecular flexibility index (Phi) is 5.39. The van der Waals surface area contributed by atoms with E-state index < -0.39 is 0 Å². The quantitative estimate of drug-likeness (QED) is 0.853. The number of hydrogen-bond donors (Lipinski definition) is 1. The van der Waals surface area contributed by atoms with Crippen LogP contribution in [-0.2, 0) is 0 Å². The van der Waals surface area contributed by atoms with Gasteiger partial charge in [-0.1, -0.05) is 25.0 Å². The Bertz CT molecular complexity index is 363. The van der Waals surface area contributed by atoms with Crippen LogP contribution in [-0.4, -0.2) is 18.6 Å². The third kappa shape index (κ3) is 3.92. The molecule has 1 aliphatic carbocycles. The molecule has 2 rings (SSSR count). The first kappa shape index (κ1) is 13.8. The minimum absolute atomic E-state index is 0.117. The van der Waals surface area contributed by atoms with Gasteiger partial charge in [0.15, 0.2) is 0 Å². The summed E-state index contributed by atoms with van der Waals surface area (Å²) in [6.45, 7) is 0. The van der Waals surface area contributed by atoms with E-state index in [9.17, 15) is 0 Å². The number of hydrogen-bond acceptors (Lipinski definition) is 3. The summed E-state index contributed by atoms with van der Waals surface area (Å²) in [5, 5.41) is 0. The maximum atomic E-state index is 6.23. The average molecular weight is 265 g/mol. The van der Waals surface area contributed by atoms with Crippen LogP contribution in [0.1, 0.15) is 37.3 Å². The fraction of sp³-hybridized carbons (Fsp3) is 0.600. The number of nitrogens with two attached hydrogens (primary N) is 1. The van der Waals surface area contributed by atoms with Crippen molar-refractivity contribution in [1.29, 1.82) is 0 Å². The topological polar surface area (TPSA) is 35.2 Å². The Balaban J connectivity index is 1.77. The predicted octanol–water partition coefficient (Wildman–Crippen LogP) is 3.62. The third-order valence-electron chi connectivity index (χ3n) is 3.65. The lowest BCUT2D eigenvalue weighted by atomic mass is 10.1. The fourth-order valence-electron chi connectivity index (χ4n) is 2.51. The fourth-order valence-corrected chi connectivity index (χ4v) is 3.76. The van der Waals surface area contributed by atoms with Crippen molar-refractivity contribution in [1.82, 2.24) is 0 Å². The van der Waals surface area contributed by atoms with Gasteiger partial charge in [-0.05, 0) is 42.2 Å². The molecule has 0 aromatic heterocycles. The van der Waals surface area contributed by atoms with Gasteiger partial charge in [0.1, 0.15) is 5.75 Å². The highest BCUT2D eigenvalue weighted by Crippen LogP contribution is 2.29. The summed E-state index contributed by atoms with van der Waals surface area (Å²) in [6, 6.07) is 8.22. The van der Waals surface area contributed by atoms with Crippen molar-refractivity contribution >= 4 is 11.8 Å². The maximum absolute atomic E-state index is 6.23. The van der Waals surface area contributed by atoms with Gasteiger partial charge in [0.25, 0.3) is 0 Å². The summed E-state index contributed by atoms with van der Waals surface area (Å²) < 4.78 is 5.23. The van der Waals surface area contributed by atoms with E-state index in [-0.39, 0.29) is 6.04 Å². The van der Waals surface area contributed by atoms with Crippen molar-refractivity contribution in [3.8, 4) is 5.75 Å². The molecule has 3 heteroatoms. The lowest BCUT2D eigenvalue weighted by Crippen LogP contribution is -2.14. The van der Waals surface area contributed by atoms with Gasteiger partial charge in [-0.3, -0.25) is 0 Å². The van der Waals surface area contributed by atoms with Crippen molar-refractivity contribution < 1.29 is 4.74 Å². The van der Waals surface area contributed by atoms with Crippen molar-refractivity contribution in [2.45, 2.75) is 31.7 Å². The van der Waals surface area contributed by atoms with Gasteiger partial charge < -0.3 is 10.5 Å². The van der Waals surface area contributed by atoms with Crippen molar-refractivity contribution in [3.63, 3.8) is 0 Å². The SMILES string of the molecule is COc1cccc(C(N)CSCC2CCCC2)c1. The number of thioether (sulfide) groups is 1. The van der Waals surface area contributed by atoms with E-state index in [1.165, 1.54) is 37.0 Å². The second kappa shape index (κ2) is 7.05. The molecular weight excluding hydrogens is 242 g/mol. The van der Waals surface area contributed by atoms with Crippen molar-refractivity contribution in [2.24, 2.45) is 11.7 Å². The van der Waals surface area contributed by atoms with Crippen LogP contribution in [0.4, 0.5) is 0 Å². The summed E-state index contributed by atoms with van der Waals surface area (Å²) in [4.78, 5) is 0. The zero-order chi connectivity index (χ0) is 12.8. The van der Waals surface area contributed by atoms with E-state index >= 15 is 0 Å². The summed E-state index contributed by atoms with van der Waals surface area (Å²) in [7, 11) is 1.69. The number of benzene rings is 1. The van der Waals surface area contributed by atoms with Gasteiger partial charge >= 0.3 is 0 Å². The Morgan fingerprint density at radius 1 is 1.39 bits per heavy atom. The van der Waals surface area contributed by atoms with Crippen LogP contribution in [0.25, 0.3) is 0 Å². The molecule has 100 valence electrons. The van der Waals surface area contributed by atoms with E-state index in [4.69, 9.17) is 10.5 Å². The predicted molar refractivity (Wildman–Crippen MR) is 79.2 cm³/mol. The normalized spacial score (nSPS) is 17.9. The van der Waals surface area contributed by atoms with E-state index in [1.807, 2.05) is 30.0 Å². The Hall–Kier alpha value is -0.670. The largest absolute Gasteiger partial charge is 0.497 e. The number of rotatable bonds is 6. The van der Waals surface area contributed by atoms with Crippen LogP contribution >= 0.6 is 11.8 Å². The number of methoxy groups -OCH3 is 1. The maximum Gasteiger partial charge on any atom is 0.119 e. The highest BCUT2D eigenvalue weighted by Gasteiger charge is 2.15. The Labute approximate surface area is 114 Å². The van der Waals surface area contributed by atoms with E-state index in [2.05, 4.69) is 6.07 Å². The van der Waals surface area contributed by atoms with Gasteiger partial charge in [-0.25, -0.2) is 0 Å². The highest BCUT2D eigenvalue weighted by molar-refractivity contribution is 7.99. The molecule has 1 aromatic rings. The molecule has 0 bridgehead atoms. The molecule has 2 N–H and O–H groups in total. The molecule has 1 aromatic carbocycles. The lowest BCUT2D eigenvalue weighted by Gasteiger charge is -2.14. The van der Waals surface area contributed by atoms with Crippen LogP contribution in [0.15, 0.2) is 24.3 Å². The third-order valence-corrected chi connectivity index (χ3v) is 4.95. The average Bonchev–Trinajstić information content (AvgIpc) is 2.92. The summed E-state index contributed by atoms with van der Waals surface area (Å²) in [6.07, 6.45) is 5.68. The molecular formula is C15H23NOS. The zero-order valence-electron chi connectivity index (χ0n) is 11.1. The molecule has 0 aliphatic heterocycles. The standard InChI is InChI=1S/C15H23NOS/c1-17-14-8-4-7-13(9-14)15(16)11-18-10-12-5-2-3-6-12/h4,7-9,12,15H,2-3,5-6,10-11,16H2,1H3. The first-order valence-electron chi connectivity index (χ1n) is 6.77. The molecule has 18 heavy (non-hydrogen) atoms. The summed E-state index contributed by atoms with van der Waals surface area (Å²) in [5.41, 5.74) is 7.40.